The van der Waals surface area contributed by atoms with Crippen molar-refractivity contribution in [1.82, 2.24) is 9.55 Å². The molecule has 1 saturated heterocycles. The van der Waals surface area contributed by atoms with E-state index in [1.165, 1.54) is 0 Å². The number of hydrogen-bond donors (Lipinski definition) is 1. The lowest BCUT2D eigenvalue weighted by molar-refractivity contribution is -0.118. The molecule has 7 nitrogen and oxygen atoms in total. The summed E-state index contributed by atoms with van der Waals surface area (Å²) in [6.45, 7) is 0.596. The normalized spacial score (nSPS) is 13.5. The fourth-order valence-corrected chi connectivity index (χ4v) is 3.88. The number of nitrogens with one attached hydrogen (secondary N) is 1. The van der Waals surface area contributed by atoms with Gasteiger partial charge in [0.25, 0.3) is 5.91 Å². The van der Waals surface area contributed by atoms with Crippen LogP contribution in [0.1, 0.15) is 12.8 Å². The zero-order valence-corrected chi connectivity index (χ0v) is 17.4. The third kappa shape index (κ3) is 4.05. The lowest BCUT2D eigenvalue weighted by atomic mass is 10.2. The van der Waals surface area contributed by atoms with Gasteiger partial charge in [-0.05, 0) is 55.0 Å². The number of hydrogen-bond acceptors (Lipinski definition) is 4. The van der Waals surface area contributed by atoms with E-state index in [9.17, 15) is 9.59 Å². The molecule has 0 bridgehead atoms. The molecule has 0 saturated carbocycles. The smallest absolute Gasteiger partial charge is 0.262 e. The van der Waals surface area contributed by atoms with E-state index in [0.717, 1.165) is 28.8 Å². The van der Waals surface area contributed by atoms with E-state index in [1.54, 1.807) is 23.4 Å². The van der Waals surface area contributed by atoms with E-state index >= 15 is 0 Å². The molecule has 1 N–H and O–H groups in total. The molecule has 0 aliphatic carbocycles. The van der Waals surface area contributed by atoms with Gasteiger partial charge in [-0.2, -0.15) is 0 Å². The summed E-state index contributed by atoms with van der Waals surface area (Å²) >= 11 is 0. The molecule has 0 radical (unpaired) electrons. The summed E-state index contributed by atoms with van der Waals surface area (Å²) in [5.41, 5.74) is 4.40. The Balaban J connectivity index is 1.20. The number of rotatable bonds is 6. The highest BCUT2D eigenvalue weighted by Gasteiger charge is 2.21. The van der Waals surface area contributed by atoms with Crippen LogP contribution in [0.2, 0.25) is 0 Å². The van der Waals surface area contributed by atoms with Crippen LogP contribution in [0.5, 0.6) is 5.75 Å². The molecule has 0 spiro atoms. The molecule has 2 heterocycles. The van der Waals surface area contributed by atoms with Gasteiger partial charge in [0.1, 0.15) is 12.1 Å². The maximum Gasteiger partial charge on any atom is 0.262 e. The molecular formula is C25H22N4O3. The average molecular weight is 426 g/mol. The fourth-order valence-electron chi connectivity index (χ4n) is 3.88. The summed E-state index contributed by atoms with van der Waals surface area (Å²) < 4.78 is 7.65. The Labute approximate surface area is 185 Å². The molecule has 5 rings (SSSR count). The Hall–Kier alpha value is -4.13. The maximum atomic E-state index is 12.4. The van der Waals surface area contributed by atoms with Gasteiger partial charge in [0, 0.05) is 36.1 Å². The highest BCUT2D eigenvalue weighted by Crippen LogP contribution is 2.25. The fraction of sp³-hybridized carbons (Fsp3) is 0.160. The lowest BCUT2D eigenvalue weighted by Crippen LogP contribution is -2.24. The number of imidazole rings is 1. The first kappa shape index (κ1) is 19.8. The van der Waals surface area contributed by atoms with Crippen LogP contribution in [0.4, 0.5) is 11.4 Å². The molecule has 1 aliphatic rings. The van der Waals surface area contributed by atoms with Crippen molar-refractivity contribution in [3.63, 3.8) is 0 Å². The predicted molar refractivity (Wildman–Crippen MR) is 123 cm³/mol. The SMILES string of the molecule is O=C(COc1cccc(N2CCCC2=O)c1)Nc1ccc(-n2cnc3ccccc32)cc1. The van der Waals surface area contributed by atoms with E-state index in [2.05, 4.69) is 10.3 Å². The van der Waals surface area contributed by atoms with Crippen LogP contribution in [0.25, 0.3) is 16.7 Å². The molecule has 7 heteroatoms. The predicted octanol–water partition coefficient (Wildman–Crippen LogP) is 4.17. The summed E-state index contributed by atoms with van der Waals surface area (Å²) in [7, 11) is 0. The zero-order chi connectivity index (χ0) is 21.9. The minimum Gasteiger partial charge on any atom is -0.484 e. The molecule has 2 amide bonds. The van der Waals surface area contributed by atoms with Crippen molar-refractivity contribution in [2.24, 2.45) is 0 Å². The number of ether oxygens (including phenoxy) is 1. The van der Waals surface area contributed by atoms with Crippen molar-refractivity contribution >= 4 is 34.2 Å². The Morgan fingerprint density at radius 1 is 1.00 bits per heavy atom. The Morgan fingerprint density at radius 3 is 2.66 bits per heavy atom. The Kier molecular flexibility index (Phi) is 5.29. The van der Waals surface area contributed by atoms with E-state index in [4.69, 9.17) is 4.74 Å². The second-order valence-electron chi connectivity index (χ2n) is 7.63. The minimum absolute atomic E-state index is 0.118. The molecule has 4 aromatic rings. The van der Waals surface area contributed by atoms with Gasteiger partial charge in [-0.25, -0.2) is 4.98 Å². The van der Waals surface area contributed by atoms with Crippen molar-refractivity contribution in [2.45, 2.75) is 12.8 Å². The summed E-state index contributed by atoms with van der Waals surface area (Å²) in [6.07, 6.45) is 3.22. The summed E-state index contributed by atoms with van der Waals surface area (Å²) in [5, 5.41) is 2.85. The third-order valence-electron chi connectivity index (χ3n) is 5.46. The van der Waals surface area contributed by atoms with Crippen LogP contribution in [-0.2, 0) is 9.59 Å². The minimum atomic E-state index is -0.256. The molecule has 0 atom stereocenters. The van der Waals surface area contributed by atoms with E-state index < -0.39 is 0 Å². The number of nitrogens with zero attached hydrogens (tertiary/aromatic N) is 3. The summed E-state index contributed by atoms with van der Waals surface area (Å²) in [6, 6.07) is 22.8. The summed E-state index contributed by atoms with van der Waals surface area (Å²) in [5.74, 6) is 0.417. The largest absolute Gasteiger partial charge is 0.484 e. The van der Waals surface area contributed by atoms with Gasteiger partial charge in [0.15, 0.2) is 6.61 Å². The van der Waals surface area contributed by atoms with Crippen molar-refractivity contribution < 1.29 is 14.3 Å². The number of benzene rings is 3. The van der Waals surface area contributed by atoms with Gasteiger partial charge in [-0.1, -0.05) is 18.2 Å². The first-order valence-corrected chi connectivity index (χ1v) is 10.5. The van der Waals surface area contributed by atoms with Crippen molar-refractivity contribution in [1.29, 1.82) is 0 Å². The van der Waals surface area contributed by atoms with Crippen molar-refractivity contribution in [3.8, 4) is 11.4 Å². The average Bonchev–Trinajstić information content (AvgIpc) is 3.45. The van der Waals surface area contributed by atoms with Crippen molar-refractivity contribution in [2.75, 3.05) is 23.4 Å². The molecule has 160 valence electrons. The third-order valence-corrected chi connectivity index (χ3v) is 5.46. The van der Waals surface area contributed by atoms with E-state index in [1.807, 2.05) is 65.2 Å². The number of amides is 2. The number of aromatic nitrogens is 2. The number of fused-ring (bicyclic) bond motifs is 1. The van der Waals surface area contributed by atoms with Gasteiger partial charge < -0.3 is 15.0 Å². The van der Waals surface area contributed by atoms with Gasteiger partial charge in [0.2, 0.25) is 5.91 Å². The second kappa shape index (κ2) is 8.55. The molecule has 1 aromatic heterocycles. The maximum absolute atomic E-state index is 12.4. The molecule has 1 fully saturated rings. The molecule has 1 aliphatic heterocycles. The molecule has 3 aromatic carbocycles. The van der Waals surface area contributed by atoms with Gasteiger partial charge in [-0.15, -0.1) is 0 Å². The standard InChI is InChI=1S/C25H22N4O3/c30-24(16-32-21-6-3-5-20(15-21)28-14-4-9-25(28)31)27-18-10-12-19(13-11-18)29-17-26-22-7-1-2-8-23(22)29/h1-3,5-8,10-13,15,17H,4,9,14,16H2,(H,27,30). The number of para-hydroxylation sites is 2. The quantitative estimate of drug-likeness (QED) is 0.502. The van der Waals surface area contributed by atoms with Gasteiger partial charge in [-0.3, -0.25) is 14.2 Å². The molecule has 32 heavy (non-hydrogen) atoms. The van der Waals surface area contributed by atoms with Crippen LogP contribution in [-0.4, -0.2) is 34.5 Å². The Bertz CT molecular complexity index is 1280. The highest BCUT2D eigenvalue weighted by molar-refractivity contribution is 5.95. The molecule has 0 unspecified atom stereocenters. The zero-order valence-electron chi connectivity index (χ0n) is 17.4. The monoisotopic (exact) mass is 426 g/mol. The summed E-state index contributed by atoms with van der Waals surface area (Å²) in [4.78, 5) is 30.4. The van der Waals surface area contributed by atoms with Crippen molar-refractivity contribution in [3.05, 3.63) is 79.1 Å². The van der Waals surface area contributed by atoms with Crippen LogP contribution in [0, 0.1) is 0 Å². The van der Waals surface area contributed by atoms with E-state index in [-0.39, 0.29) is 18.4 Å². The number of carbonyl (C=O) groups excluding carboxylic acids is 2. The Morgan fingerprint density at radius 2 is 1.84 bits per heavy atom. The molecular weight excluding hydrogens is 404 g/mol. The van der Waals surface area contributed by atoms with Gasteiger partial charge >= 0.3 is 0 Å². The number of carbonyl (C=O) groups is 2. The van der Waals surface area contributed by atoms with Crippen LogP contribution in [0.3, 0.4) is 0 Å². The second-order valence-corrected chi connectivity index (χ2v) is 7.63. The van der Waals surface area contributed by atoms with Crippen LogP contribution in [0.15, 0.2) is 79.1 Å². The first-order valence-electron chi connectivity index (χ1n) is 10.5. The highest BCUT2D eigenvalue weighted by atomic mass is 16.5. The van der Waals surface area contributed by atoms with Crippen LogP contribution >= 0.6 is 0 Å². The number of anilines is 2. The first-order chi connectivity index (χ1) is 15.7. The van der Waals surface area contributed by atoms with E-state index in [0.29, 0.717) is 24.4 Å². The topological polar surface area (TPSA) is 76.5 Å². The van der Waals surface area contributed by atoms with Gasteiger partial charge in [0.05, 0.1) is 11.0 Å². The van der Waals surface area contributed by atoms with Crippen LogP contribution < -0.4 is 15.0 Å². The lowest BCUT2D eigenvalue weighted by Gasteiger charge is -2.16.